The fourth-order valence-corrected chi connectivity index (χ4v) is 2.45. The molecule has 0 saturated carbocycles. The van der Waals surface area contributed by atoms with Crippen molar-refractivity contribution in [2.45, 2.75) is 31.9 Å². The van der Waals surface area contributed by atoms with Crippen molar-refractivity contribution < 1.29 is 19.8 Å². The van der Waals surface area contributed by atoms with Crippen LogP contribution < -0.4 is 5.32 Å². The molecule has 2 amide bonds. The van der Waals surface area contributed by atoms with E-state index in [1.54, 1.807) is 24.0 Å². The predicted octanol–water partition coefficient (Wildman–Crippen LogP) is 1.44. The zero-order valence-electron chi connectivity index (χ0n) is 12.0. The Kier molecular flexibility index (Phi) is 4.47. The fourth-order valence-electron chi connectivity index (χ4n) is 2.45. The summed E-state index contributed by atoms with van der Waals surface area (Å²) < 4.78 is 0. The third-order valence-electron chi connectivity index (χ3n) is 3.61. The topological polar surface area (TPSA) is 89.9 Å². The highest BCUT2D eigenvalue weighted by Gasteiger charge is 2.30. The molecule has 1 fully saturated rings. The molecule has 2 rings (SSSR count). The molecule has 0 aromatic heterocycles. The van der Waals surface area contributed by atoms with Gasteiger partial charge in [0.1, 0.15) is 0 Å². The number of carboxylic acids is 1. The monoisotopic (exact) mass is 292 g/mol. The van der Waals surface area contributed by atoms with Crippen LogP contribution in [0.4, 0.5) is 4.79 Å². The maximum absolute atomic E-state index is 12.0. The Labute approximate surface area is 123 Å². The number of aromatic carboxylic acids is 1. The number of aliphatic hydroxyl groups is 1. The summed E-state index contributed by atoms with van der Waals surface area (Å²) >= 11 is 0. The van der Waals surface area contributed by atoms with E-state index in [9.17, 15) is 14.7 Å². The summed E-state index contributed by atoms with van der Waals surface area (Å²) in [6, 6.07) is 6.16. The first-order valence-corrected chi connectivity index (χ1v) is 6.95. The van der Waals surface area contributed by atoms with Crippen molar-refractivity contribution in [2.24, 2.45) is 0 Å². The van der Waals surface area contributed by atoms with E-state index >= 15 is 0 Å². The summed E-state index contributed by atoms with van der Waals surface area (Å²) in [4.78, 5) is 24.4. The van der Waals surface area contributed by atoms with Gasteiger partial charge in [-0.2, -0.15) is 0 Å². The lowest BCUT2D eigenvalue weighted by molar-refractivity contribution is -0.00253. The lowest BCUT2D eigenvalue weighted by Gasteiger charge is -2.36. The molecule has 1 atom stereocenters. The lowest BCUT2D eigenvalue weighted by Crippen LogP contribution is -2.51. The van der Waals surface area contributed by atoms with Gasteiger partial charge in [0.2, 0.25) is 0 Å². The lowest BCUT2D eigenvalue weighted by atomic mass is 9.95. The maximum atomic E-state index is 12.0. The third kappa shape index (κ3) is 4.19. The zero-order chi connectivity index (χ0) is 15.5. The summed E-state index contributed by atoms with van der Waals surface area (Å²) in [5, 5.41) is 21.6. The van der Waals surface area contributed by atoms with E-state index in [4.69, 9.17) is 5.11 Å². The molecule has 21 heavy (non-hydrogen) atoms. The summed E-state index contributed by atoms with van der Waals surface area (Å²) in [5.41, 5.74) is 0.230. The Morgan fingerprint density at radius 2 is 2.00 bits per heavy atom. The number of hydrogen-bond donors (Lipinski definition) is 3. The van der Waals surface area contributed by atoms with Crippen molar-refractivity contribution >= 4 is 12.0 Å². The van der Waals surface area contributed by atoms with Crippen LogP contribution in [0.25, 0.3) is 0 Å². The van der Waals surface area contributed by atoms with Crippen LogP contribution in [0, 0.1) is 0 Å². The number of nitrogens with zero attached hydrogens (tertiary/aromatic N) is 1. The van der Waals surface area contributed by atoms with Gasteiger partial charge in [0, 0.05) is 13.1 Å². The highest BCUT2D eigenvalue weighted by Crippen LogP contribution is 2.20. The number of β-amino-alcohol motifs (C(OH)–C–C–N with tert-alkyl or cyclic N) is 1. The molecule has 1 aliphatic heterocycles. The number of urea groups is 1. The minimum Gasteiger partial charge on any atom is -0.478 e. The molecule has 3 N–H and O–H groups in total. The molecule has 0 aliphatic carbocycles. The molecular formula is C15H20N2O4. The minimum atomic E-state index is -0.971. The van der Waals surface area contributed by atoms with Crippen LogP contribution in [0.2, 0.25) is 0 Å². The predicted molar refractivity (Wildman–Crippen MR) is 77.1 cm³/mol. The van der Waals surface area contributed by atoms with Crippen LogP contribution in [0.3, 0.4) is 0 Å². The highest BCUT2D eigenvalue weighted by molar-refractivity contribution is 5.87. The van der Waals surface area contributed by atoms with Crippen molar-refractivity contribution in [1.29, 1.82) is 0 Å². The normalized spacial score (nSPS) is 21.9. The van der Waals surface area contributed by atoms with Gasteiger partial charge < -0.3 is 20.4 Å². The molecule has 6 nitrogen and oxygen atoms in total. The summed E-state index contributed by atoms with van der Waals surface area (Å²) in [6.45, 7) is 3.03. The minimum absolute atomic E-state index is 0.211. The fraction of sp³-hybridized carbons (Fsp3) is 0.467. The molecule has 0 bridgehead atoms. The van der Waals surface area contributed by atoms with E-state index in [0.717, 1.165) is 12.0 Å². The Hall–Kier alpha value is -2.08. The quantitative estimate of drug-likeness (QED) is 0.786. The molecule has 1 unspecified atom stereocenters. The standard InChI is InChI=1S/C15H20N2O4/c1-15(21)7-2-8-17(10-15)14(20)16-9-11-3-5-12(6-4-11)13(18)19/h3-6,21H,2,7-10H2,1H3,(H,16,20)(H,18,19). The van der Waals surface area contributed by atoms with Gasteiger partial charge in [-0.1, -0.05) is 12.1 Å². The molecule has 0 spiro atoms. The van der Waals surface area contributed by atoms with Crippen LogP contribution in [-0.4, -0.2) is 45.8 Å². The molecule has 6 heteroatoms. The second kappa shape index (κ2) is 6.13. The van der Waals surface area contributed by atoms with Crippen molar-refractivity contribution in [3.05, 3.63) is 35.4 Å². The van der Waals surface area contributed by atoms with Crippen molar-refractivity contribution in [3.8, 4) is 0 Å². The van der Waals surface area contributed by atoms with Gasteiger partial charge >= 0.3 is 12.0 Å². The molecule has 1 aromatic carbocycles. The van der Waals surface area contributed by atoms with E-state index in [-0.39, 0.29) is 11.6 Å². The Morgan fingerprint density at radius 3 is 2.57 bits per heavy atom. The number of piperidine rings is 1. The molecule has 114 valence electrons. The number of carbonyl (C=O) groups is 2. The number of carboxylic acid groups (broad SMARTS) is 1. The van der Waals surface area contributed by atoms with E-state index in [1.165, 1.54) is 12.1 Å². The number of likely N-dealkylation sites (tertiary alicyclic amines) is 1. The van der Waals surface area contributed by atoms with Gasteiger partial charge in [-0.15, -0.1) is 0 Å². The third-order valence-corrected chi connectivity index (χ3v) is 3.61. The number of benzene rings is 1. The summed E-state index contributed by atoms with van der Waals surface area (Å²) in [6.07, 6.45) is 1.49. The summed E-state index contributed by atoms with van der Waals surface area (Å²) in [5.74, 6) is -0.971. The first-order valence-electron chi connectivity index (χ1n) is 6.95. The van der Waals surface area contributed by atoms with Gasteiger partial charge in [0.25, 0.3) is 0 Å². The summed E-state index contributed by atoms with van der Waals surface area (Å²) in [7, 11) is 0. The van der Waals surface area contributed by atoms with Crippen LogP contribution >= 0.6 is 0 Å². The van der Waals surface area contributed by atoms with E-state index in [0.29, 0.717) is 26.1 Å². The largest absolute Gasteiger partial charge is 0.478 e. The van der Waals surface area contributed by atoms with E-state index in [2.05, 4.69) is 5.32 Å². The van der Waals surface area contributed by atoms with E-state index in [1.807, 2.05) is 0 Å². The number of nitrogens with one attached hydrogen (secondary N) is 1. The van der Waals surface area contributed by atoms with Gasteiger partial charge in [0.05, 0.1) is 17.7 Å². The molecule has 1 saturated heterocycles. The van der Waals surface area contributed by atoms with Gasteiger partial charge in [-0.05, 0) is 37.5 Å². The molecule has 0 radical (unpaired) electrons. The van der Waals surface area contributed by atoms with Gasteiger partial charge in [0.15, 0.2) is 0 Å². The molecule has 1 heterocycles. The highest BCUT2D eigenvalue weighted by atomic mass is 16.4. The average molecular weight is 292 g/mol. The molecule has 1 aliphatic rings. The second-order valence-corrected chi connectivity index (χ2v) is 5.68. The first-order chi connectivity index (χ1) is 9.87. The zero-order valence-corrected chi connectivity index (χ0v) is 12.0. The Morgan fingerprint density at radius 1 is 1.33 bits per heavy atom. The first kappa shape index (κ1) is 15.3. The van der Waals surface area contributed by atoms with Crippen LogP contribution in [0.5, 0.6) is 0 Å². The van der Waals surface area contributed by atoms with Gasteiger partial charge in [-0.25, -0.2) is 9.59 Å². The van der Waals surface area contributed by atoms with Gasteiger partial charge in [-0.3, -0.25) is 0 Å². The van der Waals surface area contributed by atoms with Crippen LogP contribution in [0.15, 0.2) is 24.3 Å². The number of hydrogen-bond acceptors (Lipinski definition) is 3. The van der Waals surface area contributed by atoms with E-state index < -0.39 is 11.6 Å². The SMILES string of the molecule is CC1(O)CCCN(C(=O)NCc2ccc(C(=O)O)cc2)C1. The Bertz CT molecular complexity index is 525. The smallest absolute Gasteiger partial charge is 0.335 e. The van der Waals surface area contributed by atoms with Crippen LogP contribution in [0.1, 0.15) is 35.7 Å². The number of carbonyl (C=O) groups excluding carboxylic acids is 1. The molecule has 1 aromatic rings. The average Bonchev–Trinajstić information content (AvgIpc) is 2.44. The number of rotatable bonds is 3. The Balaban J connectivity index is 1.87. The van der Waals surface area contributed by atoms with Crippen LogP contribution in [-0.2, 0) is 6.54 Å². The van der Waals surface area contributed by atoms with Crippen molar-refractivity contribution in [1.82, 2.24) is 10.2 Å². The van der Waals surface area contributed by atoms with Crippen molar-refractivity contribution in [2.75, 3.05) is 13.1 Å². The second-order valence-electron chi connectivity index (χ2n) is 5.68. The van der Waals surface area contributed by atoms with Crippen molar-refractivity contribution in [3.63, 3.8) is 0 Å². The maximum Gasteiger partial charge on any atom is 0.335 e. The number of amides is 2. The molecular weight excluding hydrogens is 272 g/mol.